The third kappa shape index (κ3) is 2.26. The van der Waals surface area contributed by atoms with Gasteiger partial charge in [-0.05, 0) is 13.8 Å². The zero-order chi connectivity index (χ0) is 6.73. The van der Waals surface area contributed by atoms with Gasteiger partial charge >= 0.3 is 0 Å². The molecule has 8 heavy (non-hydrogen) atoms. The zero-order valence-corrected chi connectivity index (χ0v) is 5.07. The Bertz CT molecular complexity index is 52.7. The Morgan fingerprint density at radius 2 is 1.12 bits per heavy atom. The van der Waals surface area contributed by atoms with Crippen LogP contribution in [0.3, 0.4) is 0 Å². The molecule has 0 aliphatic rings. The van der Waals surface area contributed by atoms with E-state index in [1.165, 1.54) is 13.8 Å². The second kappa shape index (κ2) is 3.02. The second-order valence-corrected chi connectivity index (χ2v) is 1.97. The molecular formula is C5H12O3. The molecule has 0 aromatic carbocycles. The predicted molar refractivity (Wildman–Crippen MR) is 29.4 cm³/mol. The van der Waals surface area contributed by atoms with Crippen molar-refractivity contribution in [1.29, 1.82) is 0 Å². The summed E-state index contributed by atoms with van der Waals surface area (Å²) in [5, 5.41) is 25.9. The summed E-state index contributed by atoms with van der Waals surface area (Å²) in [6, 6.07) is 0. The minimum atomic E-state index is -1.02. The van der Waals surface area contributed by atoms with Crippen LogP contribution in [0, 0.1) is 0 Å². The molecule has 3 nitrogen and oxygen atoms in total. The molecule has 0 rings (SSSR count). The van der Waals surface area contributed by atoms with Crippen LogP contribution in [-0.2, 0) is 0 Å². The highest BCUT2D eigenvalue weighted by molar-refractivity contribution is 4.66. The van der Waals surface area contributed by atoms with E-state index < -0.39 is 18.3 Å². The molecule has 50 valence electrons. The SMILES string of the molecule is CC(O)C(O)[C@H](C)O. The van der Waals surface area contributed by atoms with Gasteiger partial charge in [-0.3, -0.25) is 0 Å². The van der Waals surface area contributed by atoms with Crippen molar-refractivity contribution in [2.24, 2.45) is 0 Å². The molecule has 0 fully saturated rings. The second-order valence-electron chi connectivity index (χ2n) is 1.97. The van der Waals surface area contributed by atoms with Gasteiger partial charge in [-0.2, -0.15) is 0 Å². The zero-order valence-electron chi connectivity index (χ0n) is 5.07. The average molecular weight is 120 g/mol. The third-order valence-electron chi connectivity index (χ3n) is 0.989. The monoisotopic (exact) mass is 120 g/mol. The maximum atomic E-state index is 8.70. The Hall–Kier alpha value is -0.120. The molecule has 2 unspecified atom stereocenters. The molecule has 0 aliphatic carbocycles. The molecule has 0 radical (unpaired) electrons. The molecule has 0 heterocycles. The molecule has 0 saturated heterocycles. The minimum Gasteiger partial charge on any atom is -0.391 e. The number of aliphatic hydroxyl groups excluding tert-OH is 3. The van der Waals surface area contributed by atoms with Crippen molar-refractivity contribution in [1.82, 2.24) is 0 Å². The van der Waals surface area contributed by atoms with Crippen molar-refractivity contribution in [3.8, 4) is 0 Å². The summed E-state index contributed by atoms with van der Waals surface area (Å²) in [5.41, 5.74) is 0. The first-order chi connectivity index (χ1) is 3.55. The van der Waals surface area contributed by atoms with Gasteiger partial charge in [-0.15, -0.1) is 0 Å². The van der Waals surface area contributed by atoms with Crippen molar-refractivity contribution in [3.63, 3.8) is 0 Å². The van der Waals surface area contributed by atoms with Gasteiger partial charge in [0, 0.05) is 0 Å². The lowest BCUT2D eigenvalue weighted by molar-refractivity contribution is -0.0438. The lowest BCUT2D eigenvalue weighted by atomic mass is 10.1. The van der Waals surface area contributed by atoms with Crippen molar-refractivity contribution in [2.75, 3.05) is 0 Å². The number of hydrogen-bond acceptors (Lipinski definition) is 3. The molecule has 0 aliphatic heterocycles. The Balaban J connectivity index is 3.46. The fourth-order valence-corrected chi connectivity index (χ4v) is 0.403. The van der Waals surface area contributed by atoms with Gasteiger partial charge in [-0.1, -0.05) is 0 Å². The van der Waals surface area contributed by atoms with Gasteiger partial charge < -0.3 is 15.3 Å². The molecule has 3 atom stereocenters. The lowest BCUT2D eigenvalue weighted by Crippen LogP contribution is -2.33. The van der Waals surface area contributed by atoms with Crippen LogP contribution in [0.4, 0.5) is 0 Å². The molecule has 3 N–H and O–H groups in total. The molecule has 0 saturated carbocycles. The predicted octanol–water partition coefficient (Wildman–Crippen LogP) is -0.891. The maximum absolute atomic E-state index is 8.70. The molecule has 0 bridgehead atoms. The van der Waals surface area contributed by atoms with E-state index in [0.29, 0.717) is 0 Å². The van der Waals surface area contributed by atoms with E-state index in [4.69, 9.17) is 15.3 Å². The Morgan fingerprint density at radius 1 is 0.875 bits per heavy atom. The normalized spacial score (nSPS) is 22.1. The van der Waals surface area contributed by atoms with Gasteiger partial charge in [0.1, 0.15) is 6.10 Å². The largest absolute Gasteiger partial charge is 0.391 e. The van der Waals surface area contributed by atoms with E-state index in [1.54, 1.807) is 0 Å². The molecule has 0 aromatic rings. The van der Waals surface area contributed by atoms with Crippen LogP contribution in [0.5, 0.6) is 0 Å². The van der Waals surface area contributed by atoms with Crippen LogP contribution >= 0.6 is 0 Å². The molecule has 0 amide bonds. The van der Waals surface area contributed by atoms with Crippen LogP contribution in [-0.4, -0.2) is 33.6 Å². The van der Waals surface area contributed by atoms with E-state index in [-0.39, 0.29) is 0 Å². The van der Waals surface area contributed by atoms with Crippen molar-refractivity contribution in [3.05, 3.63) is 0 Å². The van der Waals surface area contributed by atoms with E-state index >= 15 is 0 Å². The first-order valence-corrected chi connectivity index (χ1v) is 2.60. The summed E-state index contributed by atoms with van der Waals surface area (Å²) < 4.78 is 0. The van der Waals surface area contributed by atoms with Crippen molar-refractivity contribution >= 4 is 0 Å². The average Bonchev–Trinajstić information content (AvgIpc) is 1.64. The highest BCUT2D eigenvalue weighted by Gasteiger charge is 2.15. The Labute approximate surface area is 48.6 Å². The summed E-state index contributed by atoms with van der Waals surface area (Å²) in [4.78, 5) is 0. The quantitative estimate of drug-likeness (QED) is 0.443. The van der Waals surface area contributed by atoms with Crippen LogP contribution in [0.2, 0.25) is 0 Å². The number of aliphatic hydroxyl groups is 3. The molecule has 0 aromatic heterocycles. The van der Waals surface area contributed by atoms with Gasteiger partial charge in [0.2, 0.25) is 0 Å². The topological polar surface area (TPSA) is 60.7 Å². The smallest absolute Gasteiger partial charge is 0.105 e. The summed E-state index contributed by atoms with van der Waals surface area (Å²) in [6.07, 6.45) is -2.72. The summed E-state index contributed by atoms with van der Waals surface area (Å²) in [5.74, 6) is 0. The van der Waals surface area contributed by atoms with E-state index in [2.05, 4.69) is 0 Å². The minimum absolute atomic E-state index is 0.852. The van der Waals surface area contributed by atoms with Crippen LogP contribution in [0.15, 0.2) is 0 Å². The van der Waals surface area contributed by atoms with E-state index in [1.807, 2.05) is 0 Å². The highest BCUT2D eigenvalue weighted by Crippen LogP contribution is 1.96. The lowest BCUT2D eigenvalue weighted by Gasteiger charge is -2.15. The highest BCUT2D eigenvalue weighted by atomic mass is 16.4. The van der Waals surface area contributed by atoms with Crippen molar-refractivity contribution < 1.29 is 15.3 Å². The Morgan fingerprint density at radius 3 is 1.12 bits per heavy atom. The standard InChI is InChI=1S/C5H12O3/c1-3(6)5(8)4(2)7/h3-8H,1-2H3/t3-,4?,5?/m0/s1. The van der Waals surface area contributed by atoms with Crippen molar-refractivity contribution in [2.45, 2.75) is 32.2 Å². The summed E-state index contributed by atoms with van der Waals surface area (Å²) in [7, 11) is 0. The van der Waals surface area contributed by atoms with Crippen LogP contribution in [0.25, 0.3) is 0 Å². The third-order valence-corrected chi connectivity index (χ3v) is 0.989. The number of hydrogen-bond donors (Lipinski definition) is 3. The fourth-order valence-electron chi connectivity index (χ4n) is 0.403. The summed E-state index contributed by atoms with van der Waals surface area (Å²) in [6.45, 7) is 2.86. The summed E-state index contributed by atoms with van der Waals surface area (Å²) >= 11 is 0. The van der Waals surface area contributed by atoms with E-state index in [9.17, 15) is 0 Å². The van der Waals surface area contributed by atoms with Gasteiger partial charge in [-0.25, -0.2) is 0 Å². The fraction of sp³-hybridized carbons (Fsp3) is 1.00. The van der Waals surface area contributed by atoms with E-state index in [0.717, 1.165) is 0 Å². The van der Waals surface area contributed by atoms with Crippen LogP contribution in [0.1, 0.15) is 13.8 Å². The molecule has 3 heteroatoms. The van der Waals surface area contributed by atoms with Gasteiger partial charge in [0.05, 0.1) is 12.2 Å². The van der Waals surface area contributed by atoms with Crippen LogP contribution < -0.4 is 0 Å². The number of rotatable bonds is 2. The maximum Gasteiger partial charge on any atom is 0.105 e. The first kappa shape index (κ1) is 7.88. The Kier molecular flexibility index (Phi) is 2.97. The molecule has 0 spiro atoms. The van der Waals surface area contributed by atoms with Gasteiger partial charge in [0.15, 0.2) is 0 Å². The van der Waals surface area contributed by atoms with Gasteiger partial charge in [0.25, 0.3) is 0 Å². The molecular weight excluding hydrogens is 108 g/mol. The first-order valence-electron chi connectivity index (χ1n) is 2.60.